The van der Waals surface area contributed by atoms with Gasteiger partial charge in [0.1, 0.15) is 5.82 Å². The molecule has 0 aliphatic carbocycles. The maximum absolute atomic E-state index is 14.5. The van der Waals surface area contributed by atoms with Crippen LogP contribution in [0.25, 0.3) is 0 Å². The van der Waals surface area contributed by atoms with Gasteiger partial charge in [-0.15, -0.1) is 6.58 Å². The molecule has 5 nitrogen and oxygen atoms in total. The number of anilines is 1. The number of rotatable bonds is 5. The summed E-state index contributed by atoms with van der Waals surface area (Å²) in [5.74, 6) is -2.18. The van der Waals surface area contributed by atoms with Crippen molar-refractivity contribution in [2.75, 3.05) is 10.9 Å². The standard InChI is InChI=1S/C20H20FNO4S/c1-4-15-18-16(21)7-6-8-17(18)22(19(15)20(23)26-5-2)27(24,25)14-11-9-13(3)10-12-14/h4,6-12,15,19H,1,5H2,2-3H3. The largest absolute Gasteiger partial charge is 0.464 e. The number of sulfonamides is 1. The van der Waals surface area contributed by atoms with Crippen molar-refractivity contribution in [3.05, 3.63) is 72.1 Å². The first kappa shape index (κ1) is 19.1. The van der Waals surface area contributed by atoms with Gasteiger partial charge in [-0.05, 0) is 38.1 Å². The maximum atomic E-state index is 14.5. The van der Waals surface area contributed by atoms with Crippen LogP contribution in [0, 0.1) is 12.7 Å². The van der Waals surface area contributed by atoms with E-state index in [1.807, 2.05) is 6.92 Å². The summed E-state index contributed by atoms with van der Waals surface area (Å²) in [5.41, 5.74) is 1.15. The topological polar surface area (TPSA) is 63.7 Å². The predicted molar refractivity (Wildman–Crippen MR) is 101 cm³/mol. The lowest BCUT2D eigenvalue weighted by Crippen LogP contribution is -2.45. The fraction of sp³-hybridized carbons (Fsp3) is 0.250. The lowest BCUT2D eigenvalue weighted by Gasteiger charge is -2.27. The van der Waals surface area contributed by atoms with Crippen molar-refractivity contribution in [3.8, 4) is 0 Å². The number of halogens is 1. The quantitative estimate of drug-likeness (QED) is 0.580. The average molecular weight is 389 g/mol. The Balaban J connectivity index is 2.23. The number of carbonyl (C=O) groups is 1. The van der Waals surface area contributed by atoms with Gasteiger partial charge in [0, 0.05) is 11.5 Å². The van der Waals surface area contributed by atoms with Crippen LogP contribution in [0.3, 0.4) is 0 Å². The third kappa shape index (κ3) is 3.12. The van der Waals surface area contributed by atoms with Crippen molar-refractivity contribution >= 4 is 21.7 Å². The van der Waals surface area contributed by atoms with E-state index in [1.54, 1.807) is 19.1 Å². The van der Waals surface area contributed by atoms with Gasteiger partial charge in [0.25, 0.3) is 10.0 Å². The number of hydrogen-bond donors (Lipinski definition) is 0. The summed E-state index contributed by atoms with van der Waals surface area (Å²) in [5, 5.41) is 0. The Hall–Kier alpha value is -2.67. The highest BCUT2D eigenvalue weighted by Crippen LogP contribution is 2.46. The van der Waals surface area contributed by atoms with E-state index in [0.717, 1.165) is 9.87 Å². The monoisotopic (exact) mass is 389 g/mol. The van der Waals surface area contributed by atoms with Gasteiger partial charge in [0.2, 0.25) is 0 Å². The van der Waals surface area contributed by atoms with Gasteiger partial charge in [-0.1, -0.05) is 29.8 Å². The SMILES string of the molecule is C=CC1c2c(F)cccc2N(S(=O)(=O)c2ccc(C)cc2)C1C(=O)OCC. The molecule has 2 aromatic rings. The third-order valence-electron chi connectivity index (χ3n) is 4.55. The lowest BCUT2D eigenvalue weighted by molar-refractivity contribution is -0.144. The molecule has 0 amide bonds. The van der Waals surface area contributed by atoms with Crippen LogP contribution >= 0.6 is 0 Å². The Bertz CT molecular complexity index is 986. The van der Waals surface area contributed by atoms with Crippen molar-refractivity contribution < 1.29 is 22.3 Å². The van der Waals surface area contributed by atoms with E-state index in [2.05, 4.69) is 6.58 Å². The molecule has 1 aliphatic heterocycles. The highest BCUT2D eigenvalue weighted by atomic mass is 32.2. The molecule has 1 heterocycles. The maximum Gasteiger partial charge on any atom is 0.330 e. The number of hydrogen-bond acceptors (Lipinski definition) is 4. The number of esters is 1. The van der Waals surface area contributed by atoms with Gasteiger partial charge in [0.15, 0.2) is 6.04 Å². The van der Waals surface area contributed by atoms with E-state index >= 15 is 0 Å². The number of carbonyl (C=O) groups excluding carboxylic acids is 1. The van der Waals surface area contributed by atoms with E-state index < -0.39 is 33.8 Å². The molecular formula is C20H20FNO4S. The predicted octanol–water partition coefficient (Wildman–Crippen LogP) is 3.54. The summed E-state index contributed by atoms with van der Waals surface area (Å²) in [7, 11) is -4.12. The summed E-state index contributed by atoms with van der Waals surface area (Å²) in [4.78, 5) is 12.7. The fourth-order valence-electron chi connectivity index (χ4n) is 3.32. The second-order valence-electron chi connectivity index (χ2n) is 6.24. The van der Waals surface area contributed by atoms with Crippen LogP contribution in [0.2, 0.25) is 0 Å². The molecule has 0 spiro atoms. The average Bonchev–Trinajstić information content (AvgIpc) is 2.98. The number of ether oxygens (including phenoxy) is 1. The van der Waals surface area contributed by atoms with Crippen LogP contribution in [0.5, 0.6) is 0 Å². The first-order valence-corrected chi connectivity index (χ1v) is 9.95. The first-order valence-electron chi connectivity index (χ1n) is 8.51. The summed E-state index contributed by atoms with van der Waals surface area (Å²) in [6.45, 7) is 7.23. The molecule has 3 rings (SSSR count). The molecule has 142 valence electrons. The second kappa shape index (κ2) is 7.15. The lowest BCUT2D eigenvalue weighted by atomic mass is 9.95. The van der Waals surface area contributed by atoms with Crippen molar-refractivity contribution in [2.24, 2.45) is 0 Å². The molecule has 0 N–H and O–H groups in total. The Morgan fingerprint density at radius 2 is 1.93 bits per heavy atom. The zero-order valence-electron chi connectivity index (χ0n) is 15.1. The molecule has 0 aromatic heterocycles. The minimum Gasteiger partial charge on any atom is -0.464 e. The van der Waals surface area contributed by atoms with Gasteiger partial charge in [-0.3, -0.25) is 4.31 Å². The number of benzene rings is 2. The number of aryl methyl sites for hydroxylation is 1. The molecule has 0 bridgehead atoms. The zero-order chi connectivity index (χ0) is 19.8. The molecule has 2 atom stereocenters. The fourth-order valence-corrected chi connectivity index (χ4v) is 4.96. The Morgan fingerprint density at radius 1 is 1.26 bits per heavy atom. The minimum atomic E-state index is -4.12. The van der Waals surface area contributed by atoms with Crippen LogP contribution < -0.4 is 4.31 Å². The summed E-state index contributed by atoms with van der Waals surface area (Å²) >= 11 is 0. The minimum absolute atomic E-state index is 0.0160. The van der Waals surface area contributed by atoms with Crippen molar-refractivity contribution in [2.45, 2.75) is 30.7 Å². The van der Waals surface area contributed by atoms with Crippen molar-refractivity contribution in [1.82, 2.24) is 0 Å². The van der Waals surface area contributed by atoms with Gasteiger partial charge in [-0.25, -0.2) is 17.6 Å². The van der Waals surface area contributed by atoms with E-state index in [1.165, 1.54) is 36.4 Å². The number of nitrogens with zero attached hydrogens (tertiary/aromatic N) is 1. The Morgan fingerprint density at radius 3 is 2.52 bits per heavy atom. The smallest absolute Gasteiger partial charge is 0.330 e. The van der Waals surface area contributed by atoms with Crippen LogP contribution in [0.4, 0.5) is 10.1 Å². The Labute approximate surface area is 158 Å². The summed E-state index contributed by atoms with van der Waals surface area (Å²) in [6.07, 6.45) is 1.38. The molecule has 1 aliphatic rings. The molecule has 2 unspecified atom stereocenters. The zero-order valence-corrected chi connectivity index (χ0v) is 15.9. The highest BCUT2D eigenvalue weighted by Gasteiger charge is 2.49. The van der Waals surface area contributed by atoms with E-state index in [4.69, 9.17) is 4.74 Å². The van der Waals surface area contributed by atoms with Crippen LogP contribution in [0.15, 0.2) is 60.0 Å². The van der Waals surface area contributed by atoms with Crippen LogP contribution in [-0.2, 0) is 19.6 Å². The molecule has 0 fully saturated rings. The Kier molecular flexibility index (Phi) is 5.06. The van der Waals surface area contributed by atoms with Gasteiger partial charge < -0.3 is 4.74 Å². The normalized spacial score (nSPS) is 18.9. The molecule has 0 radical (unpaired) electrons. The van der Waals surface area contributed by atoms with E-state index in [0.29, 0.717) is 0 Å². The molecule has 0 saturated carbocycles. The number of fused-ring (bicyclic) bond motifs is 1. The summed E-state index contributed by atoms with van der Waals surface area (Å²) in [6, 6.07) is 9.15. The van der Waals surface area contributed by atoms with E-state index in [-0.39, 0.29) is 22.8 Å². The molecule has 2 aromatic carbocycles. The van der Waals surface area contributed by atoms with Crippen LogP contribution in [-0.4, -0.2) is 27.0 Å². The first-order chi connectivity index (χ1) is 12.8. The van der Waals surface area contributed by atoms with E-state index in [9.17, 15) is 17.6 Å². The van der Waals surface area contributed by atoms with Gasteiger partial charge >= 0.3 is 5.97 Å². The van der Waals surface area contributed by atoms with Gasteiger partial charge in [0.05, 0.1) is 17.2 Å². The van der Waals surface area contributed by atoms with Crippen LogP contribution in [0.1, 0.15) is 24.0 Å². The highest BCUT2D eigenvalue weighted by molar-refractivity contribution is 7.93. The summed E-state index contributed by atoms with van der Waals surface area (Å²) < 4.78 is 47.3. The molecular weight excluding hydrogens is 369 g/mol. The second-order valence-corrected chi connectivity index (χ2v) is 8.06. The molecule has 0 saturated heterocycles. The molecule has 27 heavy (non-hydrogen) atoms. The van der Waals surface area contributed by atoms with Gasteiger partial charge in [-0.2, -0.15) is 0 Å². The third-order valence-corrected chi connectivity index (χ3v) is 6.36. The molecule has 7 heteroatoms. The van der Waals surface area contributed by atoms with Crippen molar-refractivity contribution in [3.63, 3.8) is 0 Å². The van der Waals surface area contributed by atoms with Crippen molar-refractivity contribution in [1.29, 1.82) is 0 Å².